The molecule has 0 aliphatic rings. The molecule has 0 saturated heterocycles. The van der Waals surface area contributed by atoms with E-state index in [1.807, 2.05) is 13.8 Å². The van der Waals surface area contributed by atoms with Gasteiger partial charge in [0.15, 0.2) is 6.61 Å². The molecule has 0 spiro atoms. The first-order chi connectivity index (χ1) is 12.8. The number of esters is 1. The van der Waals surface area contributed by atoms with E-state index >= 15 is 0 Å². The predicted octanol–water partition coefficient (Wildman–Crippen LogP) is 3.32. The van der Waals surface area contributed by atoms with Crippen LogP contribution in [0.1, 0.15) is 24.2 Å². The number of hydrogen-bond donors (Lipinski definition) is 1. The van der Waals surface area contributed by atoms with Crippen molar-refractivity contribution in [2.24, 2.45) is 0 Å². The van der Waals surface area contributed by atoms with E-state index in [-0.39, 0.29) is 17.4 Å². The third kappa shape index (κ3) is 5.77. The van der Waals surface area contributed by atoms with Gasteiger partial charge in [0.05, 0.1) is 16.6 Å². The highest BCUT2D eigenvalue weighted by atomic mass is 19.1. The summed E-state index contributed by atoms with van der Waals surface area (Å²) in [6.07, 6.45) is -0.00576. The molecule has 2 aromatic carbocycles. The lowest BCUT2D eigenvalue weighted by Gasteiger charge is -2.10. The molecule has 2 rings (SSSR count). The maximum Gasteiger partial charge on any atom is 0.338 e. The fourth-order valence-corrected chi connectivity index (χ4v) is 2.08. The Kier molecular flexibility index (Phi) is 6.42. The molecular formula is C18H17FN2O6. The summed E-state index contributed by atoms with van der Waals surface area (Å²) in [6.45, 7) is 3.14. The molecule has 0 atom stereocenters. The Morgan fingerprint density at radius 3 is 2.44 bits per heavy atom. The lowest BCUT2D eigenvalue weighted by Crippen LogP contribution is -2.21. The third-order valence-corrected chi connectivity index (χ3v) is 3.22. The summed E-state index contributed by atoms with van der Waals surface area (Å²) in [6, 6.07) is 9.11. The van der Waals surface area contributed by atoms with E-state index in [0.29, 0.717) is 5.75 Å². The second-order valence-corrected chi connectivity index (χ2v) is 5.74. The maximum atomic E-state index is 13.3. The highest BCUT2D eigenvalue weighted by molar-refractivity contribution is 5.95. The molecule has 9 heteroatoms. The van der Waals surface area contributed by atoms with Gasteiger partial charge < -0.3 is 14.8 Å². The van der Waals surface area contributed by atoms with Crippen LogP contribution in [0.25, 0.3) is 0 Å². The van der Waals surface area contributed by atoms with E-state index in [1.54, 1.807) is 12.1 Å². The van der Waals surface area contributed by atoms with Crippen LogP contribution in [-0.4, -0.2) is 29.5 Å². The molecule has 0 saturated carbocycles. The summed E-state index contributed by atoms with van der Waals surface area (Å²) in [7, 11) is 0. The first-order valence-corrected chi connectivity index (χ1v) is 7.94. The summed E-state index contributed by atoms with van der Waals surface area (Å²) in [5.41, 5.74) is -0.524. The van der Waals surface area contributed by atoms with Crippen molar-refractivity contribution in [2.45, 2.75) is 20.0 Å². The normalized spacial score (nSPS) is 10.4. The number of carbonyl (C=O) groups is 2. The molecule has 142 valence electrons. The number of nitro benzene ring substituents is 1. The number of nitro groups is 1. The molecule has 1 amide bonds. The monoisotopic (exact) mass is 376 g/mol. The molecule has 0 heterocycles. The van der Waals surface area contributed by atoms with Gasteiger partial charge in [-0.25, -0.2) is 4.79 Å². The van der Waals surface area contributed by atoms with E-state index in [0.717, 1.165) is 18.2 Å². The standard InChI is InChI=1S/C18H17FN2O6/c1-11(2)27-14-6-3-12(4-7-14)18(23)26-10-17(22)20-13-5-8-15(19)16(9-13)21(24)25/h3-9,11H,10H2,1-2H3,(H,20,22). The zero-order chi connectivity index (χ0) is 20.0. The summed E-state index contributed by atoms with van der Waals surface area (Å²) in [4.78, 5) is 33.5. The summed E-state index contributed by atoms with van der Waals surface area (Å²) in [5, 5.41) is 13.0. The number of benzene rings is 2. The Bertz CT molecular complexity index is 851. The second-order valence-electron chi connectivity index (χ2n) is 5.74. The molecule has 8 nitrogen and oxygen atoms in total. The Hall–Kier alpha value is -3.49. The predicted molar refractivity (Wildman–Crippen MR) is 94.2 cm³/mol. The molecular weight excluding hydrogens is 359 g/mol. The quantitative estimate of drug-likeness (QED) is 0.451. The van der Waals surface area contributed by atoms with Crippen LogP contribution in [0.4, 0.5) is 15.8 Å². The number of rotatable bonds is 7. The number of hydrogen-bond acceptors (Lipinski definition) is 6. The van der Waals surface area contributed by atoms with E-state index in [4.69, 9.17) is 9.47 Å². The average Bonchev–Trinajstić information content (AvgIpc) is 2.61. The molecule has 0 aliphatic heterocycles. The largest absolute Gasteiger partial charge is 0.491 e. The number of halogens is 1. The fourth-order valence-electron chi connectivity index (χ4n) is 2.08. The van der Waals surface area contributed by atoms with Gasteiger partial charge in [0.2, 0.25) is 5.82 Å². The number of carbonyl (C=O) groups excluding carboxylic acids is 2. The van der Waals surface area contributed by atoms with E-state index in [9.17, 15) is 24.1 Å². The number of amides is 1. The third-order valence-electron chi connectivity index (χ3n) is 3.22. The van der Waals surface area contributed by atoms with Crippen LogP contribution in [0.5, 0.6) is 5.75 Å². The minimum Gasteiger partial charge on any atom is -0.491 e. The van der Waals surface area contributed by atoms with E-state index < -0.39 is 34.9 Å². The Balaban J connectivity index is 1.90. The van der Waals surface area contributed by atoms with Crippen LogP contribution in [0.2, 0.25) is 0 Å². The van der Waals surface area contributed by atoms with Crippen molar-refractivity contribution >= 4 is 23.3 Å². The van der Waals surface area contributed by atoms with Gasteiger partial charge >= 0.3 is 11.7 Å². The van der Waals surface area contributed by atoms with Crippen LogP contribution in [0, 0.1) is 15.9 Å². The lowest BCUT2D eigenvalue weighted by molar-refractivity contribution is -0.387. The van der Waals surface area contributed by atoms with Crippen LogP contribution < -0.4 is 10.1 Å². The zero-order valence-corrected chi connectivity index (χ0v) is 14.6. The van der Waals surface area contributed by atoms with E-state index in [2.05, 4.69) is 5.32 Å². The first kappa shape index (κ1) is 19.8. The van der Waals surface area contributed by atoms with Gasteiger partial charge in [-0.3, -0.25) is 14.9 Å². The van der Waals surface area contributed by atoms with Gasteiger partial charge in [-0.05, 0) is 50.2 Å². The van der Waals surface area contributed by atoms with Gasteiger partial charge in [-0.15, -0.1) is 0 Å². The first-order valence-electron chi connectivity index (χ1n) is 7.94. The highest BCUT2D eigenvalue weighted by Gasteiger charge is 2.16. The molecule has 0 bridgehead atoms. The van der Waals surface area contributed by atoms with Crippen molar-refractivity contribution in [1.29, 1.82) is 0 Å². The Morgan fingerprint density at radius 1 is 1.19 bits per heavy atom. The molecule has 0 unspecified atom stereocenters. The summed E-state index contributed by atoms with van der Waals surface area (Å²) < 4.78 is 23.6. The number of nitrogens with one attached hydrogen (secondary N) is 1. The summed E-state index contributed by atoms with van der Waals surface area (Å²) >= 11 is 0. The molecule has 1 N–H and O–H groups in total. The Morgan fingerprint density at radius 2 is 1.85 bits per heavy atom. The number of nitrogens with zero attached hydrogens (tertiary/aromatic N) is 1. The van der Waals surface area contributed by atoms with Crippen LogP contribution in [0.3, 0.4) is 0 Å². The minimum atomic E-state index is -1.02. The molecule has 27 heavy (non-hydrogen) atoms. The highest BCUT2D eigenvalue weighted by Crippen LogP contribution is 2.21. The molecule has 0 fully saturated rings. The zero-order valence-electron chi connectivity index (χ0n) is 14.6. The molecule has 0 radical (unpaired) electrons. The average molecular weight is 376 g/mol. The molecule has 0 aliphatic carbocycles. The van der Waals surface area contributed by atoms with Crippen molar-refractivity contribution in [1.82, 2.24) is 0 Å². The van der Waals surface area contributed by atoms with E-state index in [1.165, 1.54) is 12.1 Å². The number of ether oxygens (including phenoxy) is 2. The molecule has 2 aromatic rings. The van der Waals surface area contributed by atoms with Crippen molar-refractivity contribution in [3.63, 3.8) is 0 Å². The minimum absolute atomic E-state index is 0.00576. The van der Waals surface area contributed by atoms with Gasteiger partial charge in [0.25, 0.3) is 5.91 Å². The van der Waals surface area contributed by atoms with Gasteiger partial charge in [-0.1, -0.05) is 0 Å². The maximum absolute atomic E-state index is 13.3. The smallest absolute Gasteiger partial charge is 0.338 e. The van der Waals surface area contributed by atoms with Crippen LogP contribution >= 0.6 is 0 Å². The SMILES string of the molecule is CC(C)Oc1ccc(C(=O)OCC(=O)Nc2ccc(F)c([N+](=O)[O-])c2)cc1. The van der Waals surface area contributed by atoms with Gasteiger partial charge in [-0.2, -0.15) is 4.39 Å². The molecule has 0 aromatic heterocycles. The second kappa shape index (κ2) is 8.75. The van der Waals surface area contributed by atoms with Crippen molar-refractivity contribution in [3.8, 4) is 5.75 Å². The lowest BCUT2D eigenvalue weighted by atomic mass is 10.2. The van der Waals surface area contributed by atoms with Crippen LogP contribution in [-0.2, 0) is 9.53 Å². The topological polar surface area (TPSA) is 108 Å². The van der Waals surface area contributed by atoms with Gasteiger partial charge in [0, 0.05) is 11.8 Å². The van der Waals surface area contributed by atoms with Crippen molar-refractivity contribution < 1.29 is 28.4 Å². The van der Waals surface area contributed by atoms with Crippen molar-refractivity contribution in [2.75, 3.05) is 11.9 Å². The summed E-state index contributed by atoms with van der Waals surface area (Å²) in [5.74, 6) is -1.86. The van der Waals surface area contributed by atoms with Gasteiger partial charge in [0.1, 0.15) is 5.75 Å². The van der Waals surface area contributed by atoms with Crippen LogP contribution in [0.15, 0.2) is 42.5 Å². The van der Waals surface area contributed by atoms with Crippen molar-refractivity contribution in [3.05, 3.63) is 64.0 Å². The Labute approximate surface area is 154 Å². The fraction of sp³-hybridized carbons (Fsp3) is 0.222. The number of anilines is 1.